The molecule has 0 spiro atoms. The fraction of sp³-hybridized carbons (Fsp3) is 0.182. The minimum atomic E-state index is 0.0666. The lowest BCUT2D eigenvalue weighted by atomic mass is 10.0. The van der Waals surface area contributed by atoms with Gasteiger partial charge in [-0.2, -0.15) is 0 Å². The lowest BCUT2D eigenvalue weighted by Crippen LogP contribution is -2.05. The number of pyridine rings is 1. The van der Waals surface area contributed by atoms with E-state index in [9.17, 15) is 4.79 Å². The van der Waals surface area contributed by atoms with Crippen molar-refractivity contribution in [3.05, 3.63) is 94.7 Å². The van der Waals surface area contributed by atoms with Gasteiger partial charge in [0, 0.05) is 24.2 Å². The molecule has 0 saturated heterocycles. The Hall–Kier alpha value is -2.94. The molecule has 0 fully saturated rings. The van der Waals surface area contributed by atoms with Crippen LogP contribution in [0.5, 0.6) is 5.88 Å². The first-order chi connectivity index (χ1) is 12.1. The van der Waals surface area contributed by atoms with Crippen LogP contribution in [0.4, 0.5) is 0 Å². The van der Waals surface area contributed by atoms with Gasteiger partial charge < -0.3 is 4.74 Å². The molecule has 0 aliphatic rings. The molecule has 0 N–H and O–H groups in total. The molecule has 0 bridgehead atoms. The molecule has 3 heteroatoms. The quantitative estimate of drug-likeness (QED) is 0.614. The van der Waals surface area contributed by atoms with Crippen LogP contribution >= 0.6 is 0 Å². The van der Waals surface area contributed by atoms with Crippen molar-refractivity contribution in [1.29, 1.82) is 0 Å². The number of hydrogen-bond acceptors (Lipinski definition) is 3. The summed E-state index contributed by atoms with van der Waals surface area (Å²) in [5, 5.41) is 0. The van der Waals surface area contributed by atoms with Crippen LogP contribution in [0.3, 0.4) is 0 Å². The number of aromatic nitrogens is 1. The van der Waals surface area contributed by atoms with Crippen LogP contribution in [-0.4, -0.2) is 10.8 Å². The summed E-state index contributed by atoms with van der Waals surface area (Å²) in [7, 11) is 0. The smallest absolute Gasteiger partial charge is 0.214 e. The molecular weight excluding hydrogens is 310 g/mol. The average Bonchev–Trinajstić information content (AvgIpc) is 2.60. The maximum absolute atomic E-state index is 12.6. The average molecular weight is 331 g/mol. The number of hydrogen-bond donors (Lipinski definition) is 0. The van der Waals surface area contributed by atoms with E-state index >= 15 is 0 Å². The predicted molar refractivity (Wildman–Crippen MR) is 99.0 cm³/mol. The highest BCUT2D eigenvalue weighted by Crippen LogP contribution is 2.16. The SMILES string of the molecule is Cc1cc(C)cc(CC(=O)c2ccnc(OCc3ccccc3)c2)c1. The highest BCUT2D eigenvalue weighted by atomic mass is 16.5. The van der Waals surface area contributed by atoms with E-state index in [-0.39, 0.29) is 5.78 Å². The van der Waals surface area contributed by atoms with E-state index in [1.54, 1.807) is 18.3 Å². The minimum absolute atomic E-state index is 0.0666. The molecule has 1 heterocycles. The van der Waals surface area contributed by atoms with Crippen molar-refractivity contribution in [2.45, 2.75) is 26.9 Å². The van der Waals surface area contributed by atoms with Crippen LogP contribution in [0, 0.1) is 13.8 Å². The maximum Gasteiger partial charge on any atom is 0.214 e. The van der Waals surface area contributed by atoms with Crippen molar-refractivity contribution in [1.82, 2.24) is 4.98 Å². The predicted octanol–water partition coefficient (Wildman–Crippen LogP) is 4.70. The first-order valence-corrected chi connectivity index (χ1v) is 8.33. The third-order valence-electron chi connectivity index (χ3n) is 3.93. The molecule has 0 saturated carbocycles. The number of carbonyl (C=O) groups excluding carboxylic acids is 1. The van der Waals surface area contributed by atoms with Gasteiger partial charge in [0.1, 0.15) is 6.61 Å². The number of aryl methyl sites for hydroxylation is 2. The summed E-state index contributed by atoms with van der Waals surface area (Å²) in [6.07, 6.45) is 2.00. The fourth-order valence-corrected chi connectivity index (χ4v) is 2.85. The van der Waals surface area contributed by atoms with Gasteiger partial charge in [-0.3, -0.25) is 4.79 Å². The Kier molecular flexibility index (Phi) is 5.24. The molecule has 0 radical (unpaired) electrons. The molecule has 2 aromatic carbocycles. The van der Waals surface area contributed by atoms with Gasteiger partial charge in [-0.25, -0.2) is 4.98 Å². The minimum Gasteiger partial charge on any atom is -0.473 e. The van der Waals surface area contributed by atoms with E-state index in [2.05, 4.69) is 23.2 Å². The molecule has 0 aliphatic heterocycles. The van der Waals surface area contributed by atoms with Crippen molar-refractivity contribution in [3.63, 3.8) is 0 Å². The standard InChI is InChI=1S/C22H21NO2/c1-16-10-17(2)12-19(11-16)13-21(24)20-8-9-23-22(14-20)25-15-18-6-4-3-5-7-18/h3-12,14H,13,15H2,1-2H3. The Morgan fingerprint density at radius 1 is 0.920 bits per heavy atom. The van der Waals surface area contributed by atoms with Crippen LogP contribution in [0.15, 0.2) is 66.9 Å². The lowest BCUT2D eigenvalue weighted by molar-refractivity contribution is 0.0992. The molecule has 0 amide bonds. The normalized spacial score (nSPS) is 10.5. The maximum atomic E-state index is 12.6. The zero-order valence-corrected chi connectivity index (χ0v) is 14.5. The summed E-state index contributed by atoms with van der Waals surface area (Å²) < 4.78 is 5.71. The van der Waals surface area contributed by atoms with Gasteiger partial charge in [0.2, 0.25) is 5.88 Å². The van der Waals surface area contributed by atoms with E-state index < -0.39 is 0 Å². The number of ketones is 1. The number of nitrogens with zero attached hydrogens (tertiary/aromatic N) is 1. The molecule has 3 nitrogen and oxygen atoms in total. The second-order valence-corrected chi connectivity index (χ2v) is 6.25. The van der Waals surface area contributed by atoms with Crippen molar-refractivity contribution >= 4 is 5.78 Å². The number of rotatable bonds is 6. The first-order valence-electron chi connectivity index (χ1n) is 8.33. The van der Waals surface area contributed by atoms with Crippen molar-refractivity contribution in [2.75, 3.05) is 0 Å². The number of benzene rings is 2. The Bertz CT molecular complexity index is 852. The third kappa shape index (κ3) is 4.77. The zero-order valence-electron chi connectivity index (χ0n) is 14.5. The van der Waals surface area contributed by atoms with E-state index in [4.69, 9.17) is 4.74 Å². The molecule has 3 aromatic rings. The van der Waals surface area contributed by atoms with Crippen molar-refractivity contribution < 1.29 is 9.53 Å². The van der Waals surface area contributed by atoms with Crippen LogP contribution in [-0.2, 0) is 13.0 Å². The van der Waals surface area contributed by atoms with E-state index in [0.717, 1.165) is 11.1 Å². The molecule has 25 heavy (non-hydrogen) atoms. The number of ether oxygens (including phenoxy) is 1. The number of Topliss-reactive ketones (excluding diaryl/α,β-unsaturated/α-hetero) is 1. The lowest BCUT2D eigenvalue weighted by Gasteiger charge is -2.08. The fourth-order valence-electron chi connectivity index (χ4n) is 2.85. The summed E-state index contributed by atoms with van der Waals surface area (Å²) in [6.45, 7) is 4.52. The van der Waals surface area contributed by atoms with Gasteiger partial charge in [0.15, 0.2) is 5.78 Å². The van der Waals surface area contributed by atoms with Gasteiger partial charge in [0.25, 0.3) is 0 Å². The Morgan fingerprint density at radius 3 is 2.36 bits per heavy atom. The van der Waals surface area contributed by atoms with Crippen LogP contribution in [0.2, 0.25) is 0 Å². The van der Waals surface area contributed by atoms with Crippen molar-refractivity contribution in [3.8, 4) is 5.88 Å². The summed E-state index contributed by atoms with van der Waals surface area (Å²) in [4.78, 5) is 16.8. The van der Waals surface area contributed by atoms with Crippen LogP contribution in [0.25, 0.3) is 0 Å². The largest absolute Gasteiger partial charge is 0.473 e. The molecule has 0 aliphatic carbocycles. The number of carbonyl (C=O) groups is 1. The highest BCUT2D eigenvalue weighted by molar-refractivity contribution is 5.97. The Labute approximate surface area is 148 Å². The monoisotopic (exact) mass is 331 g/mol. The molecular formula is C22H21NO2. The summed E-state index contributed by atoms with van der Waals surface area (Å²) in [5.41, 5.74) is 5.06. The third-order valence-corrected chi connectivity index (χ3v) is 3.93. The molecule has 1 aromatic heterocycles. The van der Waals surface area contributed by atoms with Gasteiger partial charge >= 0.3 is 0 Å². The second-order valence-electron chi connectivity index (χ2n) is 6.25. The van der Waals surface area contributed by atoms with Gasteiger partial charge in [-0.1, -0.05) is 59.7 Å². The molecule has 0 atom stereocenters. The summed E-state index contributed by atoms with van der Waals surface area (Å²) in [5.74, 6) is 0.534. The molecule has 126 valence electrons. The molecule has 3 rings (SSSR count). The van der Waals surface area contributed by atoms with Crippen molar-refractivity contribution in [2.24, 2.45) is 0 Å². The molecule has 0 unspecified atom stereocenters. The summed E-state index contributed by atoms with van der Waals surface area (Å²) in [6, 6.07) is 19.6. The van der Waals surface area contributed by atoms with Crippen LogP contribution in [0.1, 0.15) is 32.6 Å². The Balaban J connectivity index is 1.68. The topological polar surface area (TPSA) is 39.2 Å². The van der Waals surface area contributed by atoms with Gasteiger partial charge in [-0.05, 0) is 31.0 Å². The second kappa shape index (κ2) is 7.75. The van der Waals surface area contributed by atoms with Gasteiger partial charge in [-0.15, -0.1) is 0 Å². The van der Waals surface area contributed by atoms with Crippen LogP contribution < -0.4 is 4.74 Å². The Morgan fingerprint density at radius 2 is 1.64 bits per heavy atom. The van der Waals surface area contributed by atoms with E-state index in [1.807, 2.05) is 44.2 Å². The van der Waals surface area contributed by atoms with Gasteiger partial charge in [0.05, 0.1) is 0 Å². The highest BCUT2D eigenvalue weighted by Gasteiger charge is 2.10. The summed E-state index contributed by atoms with van der Waals surface area (Å²) >= 11 is 0. The van der Waals surface area contributed by atoms with E-state index in [1.165, 1.54) is 11.1 Å². The zero-order chi connectivity index (χ0) is 17.6. The van der Waals surface area contributed by atoms with E-state index in [0.29, 0.717) is 24.5 Å². The first kappa shape index (κ1) is 16.9.